The molecule has 0 fully saturated rings. The highest BCUT2D eigenvalue weighted by atomic mass is 35.5. The Bertz CT molecular complexity index is 675. The van der Waals surface area contributed by atoms with Gasteiger partial charge in [-0.25, -0.2) is 0 Å². The SMILES string of the molecule is C=C(Nc1ccc(C)cc1)c1cc(Cl)c(C)c(OC(C)C)c1. The topological polar surface area (TPSA) is 21.3 Å². The average Bonchev–Trinajstić information content (AvgIpc) is 2.45. The van der Waals surface area contributed by atoms with Gasteiger partial charge >= 0.3 is 0 Å². The van der Waals surface area contributed by atoms with Crippen LogP contribution in [-0.4, -0.2) is 6.10 Å². The lowest BCUT2D eigenvalue weighted by Gasteiger charge is -2.17. The molecule has 0 atom stereocenters. The molecule has 2 aromatic carbocycles. The van der Waals surface area contributed by atoms with Crippen LogP contribution in [0.25, 0.3) is 5.70 Å². The Kier molecular flexibility index (Phi) is 5.15. The summed E-state index contributed by atoms with van der Waals surface area (Å²) in [5, 5.41) is 3.98. The number of halogens is 1. The highest BCUT2D eigenvalue weighted by Crippen LogP contribution is 2.31. The number of benzene rings is 2. The molecule has 0 amide bonds. The molecule has 0 spiro atoms. The lowest BCUT2D eigenvalue weighted by molar-refractivity contribution is 0.241. The molecule has 0 radical (unpaired) electrons. The summed E-state index contributed by atoms with van der Waals surface area (Å²) < 4.78 is 5.83. The quantitative estimate of drug-likeness (QED) is 0.749. The summed E-state index contributed by atoms with van der Waals surface area (Å²) in [5.74, 6) is 0.796. The first-order valence-electron chi connectivity index (χ1n) is 7.36. The number of rotatable bonds is 5. The van der Waals surface area contributed by atoms with Gasteiger partial charge in [0, 0.05) is 27.5 Å². The molecule has 0 aliphatic heterocycles. The summed E-state index contributed by atoms with van der Waals surface area (Å²) in [6.07, 6.45) is 0.100. The molecule has 0 unspecified atom stereocenters. The van der Waals surface area contributed by atoms with Crippen molar-refractivity contribution in [2.45, 2.75) is 33.8 Å². The third kappa shape index (κ3) is 4.05. The summed E-state index contributed by atoms with van der Waals surface area (Å²) >= 11 is 6.32. The summed E-state index contributed by atoms with van der Waals surface area (Å²) in [6, 6.07) is 12.1. The zero-order valence-corrected chi connectivity index (χ0v) is 14.3. The van der Waals surface area contributed by atoms with Crippen molar-refractivity contribution in [2.24, 2.45) is 0 Å². The van der Waals surface area contributed by atoms with Crippen LogP contribution in [0.3, 0.4) is 0 Å². The molecular formula is C19H22ClNO. The molecule has 2 rings (SSSR count). The molecule has 0 bridgehead atoms. The van der Waals surface area contributed by atoms with E-state index in [-0.39, 0.29) is 6.10 Å². The number of ether oxygens (including phenoxy) is 1. The zero-order chi connectivity index (χ0) is 16.3. The van der Waals surface area contributed by atoms with Gasteiger partial charge in [0.15, 0.2) is 0 Å². The second-order valence-electron chi connectivity index (χ2n) is 5.72. The van der Waals surface area contributed by atoms with Gasteiger partial charge in [0.1, 0.15) is 5.75 Å². The predicted octanol–water partition coefficient (Wildman–Crippen LogP) is 5.83. The number of aryl methyl sites for hydroxylation is 1. The molecule has 22 heavy (non-hydrogen) atoms. The van der Waals surface area contributed by atoms with Crippen molar-refractivity contribution < 1.29 is 4.74 Å². The van der Waals surface area contributed by atoms with Crippen LogP contribution in [-0.2, 0) is 0 Å². The zero-order valence-electron chi connectivity index (χ0n) is 13.5. The van der Waals surface area contributed by atoms with E-state index in [0.29, 0.717) is 5.02 Å². The van der Waals surface area contributed by atoms with E-state index in [1.807, 2.05) is 45.0 Å². The Morgan fingerprint density at radius 2 is 1.77 bits per heavy atom. The maximum atomic E-state index is 6.32. The van der Waals surface area contributed by atoms with Gasteiger partial charge < -0.3 is 10.1 Å². The lowest BCUT2D eigenvalue weighted by Crippen LogP contribution is -2.08. The monoisotopic (exact) mass is 315 g/mol. The number of nitrogens with one attached hydrogen (secondary N) is 1. The minimum Gasteiger partial charge on any atom is -0.491 e. The largest absolute Gasteiger partial charge is 0.491 e. The van der Waals surface area contributed by atoms with E-state index in [1.165, 1.54) is 5.56 Å². The van der Waals surface area contributed by atoms with Gasteiger partial charge in [0.25, 0.3) is 0 Å². The van der Waals surface area contributed by atoms with Crippen molar-refractivity contribution in [3.63, 3.8) is 0 Å². The van der Waals surface area contributed by atoms with Gasteiger partial charge in [-0.3, -0.25) is 0 Å². The van der Waals surface area contributed by atoms with Gasteiger partial charge in [-0.05, 0) is 52.0 Å². The van der Waals surface area contributed by atoms with Crippen molar-refractivity contribution in [3.8, 4) is 5.75 Å². The Morgan fingerprint density at radius 3 is 2.36 bits per heavy atom. The predicted molar refractivity (Wildman–Crippen MR) is 95.8 cm³/mol. The molecule has 0 saturated heterocycles. The standard InChI is InChI=1S/C19H22ClNO/c1-12(2)22-19-11-16(10-18(20)14(19)4)15(5)21-17-8-6-13(3)7-9-17/h6-12,21H,5H2,1-4H3. The van der Waals surface area contributed by atoms with Crippen LogP contribution in [0.5, 0.6) is 5.75 Å². The van der Waals surface area contributed by atoms with E-state index < -0.39 is 0 Å². The molecule has 0 aliphatic rings. The average molecular weight is 316 g/mol. The summed E-state index contributed by atoms with van der Waals surface area (Å²) in [7, 11) is 0. The van der Waals surface area contributed by atoms with Gasteiger partial charge in [-0.2, -0.15) is 0 Å². The molecule has 3 heteroatoms. The van der Waals surface area contributed by atoms with E-state index in [0.717, 1.165) is 28.3 Å². The van der Waals surface area contributed by atoms with Gasteiger partial charge in [0.2, 0.25) is 0 Å². The fraction of sp³-hybridized carbons (Fsp3) is 0.263. The maximum absolute atomic E-state index is 6.32. The van der Waals surface area contributed by atoms with Crippen LogP contribution < -0.4 is 10.1 Å². The fourth-order valence-electron chi connectivity index (χ4n) is 2.09. The highest BCUT2D eigenvalue weighted by Gasteiger charge is 2.10. The first kappa shape index (κ1) is 16.4. The maximum Gasteiger partial charge on any atom is 0.124 e. The van der Waals surface area contributed by atoms with Crippen LogP contribution in [0.4, 0.5) is 5.69 Å². The molecule has 1 N–H and O–H groups in total. The van der Waals surface area contributed by atoms with Crippen molar-refractivity contribution in [3.05, 3.63) is 64.7 Å². The van der Waals surface area contributed by atoms with Crippen LogP contribution >= 0.6 is 11.6 Å². The van der Waals surface area contributed by atoms with Gasteiger partial charge in [-0.15, -0.1) is 0 Å². The molecular weight excluding hydrogens is 294 g/mol. The fourth-order valence-corrected chi connectivity index (χ4v) is 2.30. The third-order valence-electron chi connectivity index (χ3n) is 3.35. The highest BCUT2D eigenvalue weighted by molar-refractivity contribution is 6.31. The van der Waals surface area contributed by atoms with E-state index in [1.54, 1.807) is 0 Å². The van der Waals surface area contributed by atoms with Crippen molar-refractivity contribution in [1.82, 2.24) is 0 Å². The molecule has 2 aromatic rings. The lowest BCUT2D eigenvalue weighted by atomic mass is 10.1. The van der Waals surface area contributed by atoms with Crippen molar-refractivity contribution in [1.29, 1.82) is 0 Å². The Balaban J connectivity index is 2.25. The number of hydrogen-bond donors (Lipinski definition) is 1. The van der Waals surface area contributed by atoms with Crippen molar-refractivity contribution in [2.75, 3.05) is 5.32 Å². The number of hydrogen-bond acceptors (Lipinski definition) is 2. The second-order valence-corrected chi connectivity index (χ2v) is 6.12. The molecule has 0 aromatic heterocycles. The van der Waals surface area contributed by atoms with Gasteiger partial charge in [-0.1, -0.05) is 35.9 Å². The Hall–Kier alpha value is -1.93. The smallest absolute Gasteiger partial charge is 0.124 e. The van der Waals surface area contributed by atoms with E-state index in [9.17, 15) is 0 Å². The first-order chi connectivity index (χ1) is 10.4. The second kappa shape index (κ2) is 6.89. The molecule has 0 aliphatic carbocycles. The Morgan fingerprint density at radius 1 is 1.14 bits per heavy atom. The van der Waals surface area contributed by atoms with Crippen LogP contribution in [0.1, 0.15) is 30.5 Å². The first-order valence-corrected chi connectivity index (χ1v) is 7.74. The molecule has 2 nitrogen and oxygen atoms in total. The van der Waals surface area contributed by atoms with Gasteiger partial charge in [0.05, 0.1) is 6.10 Å². The summed E-state index contributed by atoms with van der Waals surface area (Å²) in [4.78, 5) is 0. The van der Waals surface area contributed by atoms with E-state index in [2.05, 4.69) is 31.0 Å². The Labute approximate surface area is 137 Å². The summed E-state index contributed by atoms with van der Waals surface area (Å²) in [6.45, 7) is 12.1. The summed E-state index contributed by atoms with van der Waals surface area (Å²) in [5.41, 5.74) is 4.88. The van der Waals surface area contributed by atoms with Crippen molar-refractivity contribution >= 4 is 23.0 Å². The van der Waals surface area contributed by atoms with E-state index >= 15 is 0 Å². The van der Waals surface area contributed by atoms with Crippen LogP contribution in [0, 0.1) is 13.8 Å². The minimum absolute atomic E-state index is 0.100. The van der Waals surface area contributed by atoms with E-state index in [4.69, 9.17) is 16.3 Å². The van der Waals surface area contributed by atoms with Crippen LogP contribution in [0.2, 0.25) is 5.02 Å². The number of anilines is 1. The van der Waals surface area contributed by atoms with Crippen LogP contribution in [0.15, 0.2) is 43.0 Å². The third-order valence-corrected chi connectivity index (χ3v) is 3.75. The molecule has 0 heterocycles. The normalized spacial score (nSPS) is 10.6. The molecule has 0 saturated carbocycles. The minimum atomic E-state index is 0.100. The molecule has 116 valence electrons.